The van der Waals surface area contributed by atoms with E-state index in [9.17, 15) is 20.1 Å². The van der Waals surface area contributed by atoms with Crippen LogP contribution >= 0.6 is 0 Å². The molecule has 5 atom stereocenters. The summed E-state index contributed by atoms with van der Waals surface area (Å²) in [5.74, 6) is -0.199. The van der Waals surface area contributed by atoms with E-state index in [0.29, 0.717) is 0 Å². The summed E-state index contributed by atoms with van der Waals surface area (Å²) in [4.78, 5) is 12.0. The van der Waals surface area contributed by atoms with Crippen LogP contribution in [-0.4, -0.2) is 63.3 Å². The van der Waals surface area contributed by atoms with E-state index in [4.69, 9.17) is 9.84 Å². The van der Waals surface area contributed by atoms with Gasteiger partial charge in [-0.05, 0) is 18.9 Å². The average molecular weight is 387 g/mol. The first-order chi connectivity index (χ1) is 13.0. The van der Waals surface area contributed by atoms with Gasteiger partial charge in [0.1, 0.15) is 24.4 Å². The molecule has 0 spiro atoms. The molecule has 0 aromatic rings. The number of carbonyl (C=O) groups excluding carboxylic acids is 1. The Balaban J connectivity index is 2.15. The van der Waals surface area contributed by atoms with Crippen molar-refractivity contribution in [2.24, 2.45) is 0 Å². The zero-order valence-corrected chi connectivity index (χ0v) is 16.6. The molecule has 6 heteroatoms. The van der Waals surface area contributed by atoms with Crippen LogP contribution in [0.1, 0.15) is 77.6 Å². The highest BCUT2D eigenvalue weighted by Crippen LogP contribution is 2.23. The zero-order valence-electron chi connectivity index (χ0n) is 16.6. The van der Waals surface area contributed by atoms with E-state index in [2.05, 4.69) is 6.92 Å². The maximum Gasteiger partial charge on any atom is 0.158 e. The van der Waals surface area contributed by atoms with Crippen LogP contribution in [0.3, 0.4) is 0 Å². The van der Waals surface area contributed by atoms with Gasteiger partial charge in [-0.1, -0.05) is 64.4 Å². The van der Waals surface area contributed by atoms with Gasteiger partial charge in [-0.25, -0.2) is 0 Å². The van der Waals surface area contributed by atoms with Crippen LogP contribution in [-0.2, 0) is 9.53 Å². The Morgan fingerprint density at radius 1 is 0.852 bits per heavy atom. The van der Waals surface area contributed by atoms with Crippen LogP contribution < -0.4 is 0 Å². The van der Waals surface area contributed by atoms with E-state index < -0.39 is 37.1 Å². The maximum absolute atomic E-state index is 12.0. The third-order valence-corrected chi connectivity index (χ3v) is 5.17. The van der Waals surface area contributed by atoms with Crippen LogP contribution in [0.2, 0.25) is 0 Å². The van der Waals surface area contributed by atoms with Crippen LogP contribution in [0, 0.1) is 0 Å². The Morgan fingerprint density at radius 3 is 2.00 bits per heavy atom. The highest BCUT2D eigenvalue weighted by Gasteiger charge is 2.43. The van der Waals surface area contributed by atoms with E-state index >= 15 is 0 Å². The van der Waals surface area contributed by atoms with Crippen molar-refractivity contribution < 1.29 is 30.0 Å². The molecule has 1 saturated heterocycles. The molecule has 0 saturated carbocycles. The Hall–Kier alpha value is -0.790. The molecule has 0 aliphatic carbocycles. The SMILES string of the molecule is CCCCCCCCCCCC=CC(=O)C[C@@H]1O[C@H](CO)[C@@H](O)[C@H](O)[C@H]1O. The molecule has 0 aromatic heterocycles. The van der Waals surface area contributed by atoms with Gasteiger partial charge in [0.15, 0.2) is 5.78 Å². The number of hydrogen-bond donors (Lipinski definition) is 4. The normalized spacial score (nSPS) is 28.7. The first kappa shape index (κ1) is 24.2. The lowest BCUT2D eigenvalue weighted by atomic mass is 9.92. The van der Waals surface area contributed by atoms with Gasteiger partial charge in [0.25, 0.3) is 0 Å². The van der Waals surface area contributed by atoms with E-state index in [0.717, 1.165) is 12.8 Å². The van der Waals surface area contributed by atoms with Gasteiger partial charge < -0.3 is 25.2 Å². The van der Waals surface area contributed by atoms with Crippen molar-refractivity contribution >= 4 is 5.78 Å². The van der Waals surface area contributed by atoms with Crippen LogP contribution in [0.4, 0.5) is 0 Å². The van der Waals surface area contributed by atoms with E-state index in [1.807, 2.05) is 6.08 Å². The van der Waals surface area contributed by atoms with Crippen LogP contribution in [0.15, 0.2) is 12.2 Å². The Labute approximate surface area is 163 Å². The van der Waals surface area contributed by atoms with Crippen molar-refractivity contribution in [3.05, 3.63) is 12.2 Å². The second-order valence-electron chi connectivity index (χ2n) is 7.56. The molecule has 4 N–H and O–H groups in total. The monoisotopic (exact) mass is 386 g/mol. The molecule has 0 aromatic carbocycles. The maximum atomic E-state index is 12.0. The Kier molecular flexibility index (Phi) is 12.8. The molecule has 0 bridgehead atoms. The highest BCUT2D eigenvalue weighted by molar-refractivity contribution is 5.90. The molecule has 0 amide bonds. The largest absolute Gasteiger partial charge is 0.394 e. The number of carbonyl (C=O) groups is 1. The number of allylic oxidation sites excluding steroid dienone is 2. The van der Waals surface area contributed by atoms with Gasteiger partial charge in [-0.2, -0.15) is 0 Å². The van der Waals surface area contributed by atoms with Crippen LogP contribution in [0.25, 0.3) is 0 Å². The smallest absolute Gasteiger partial charge is 0.158 e. The molecule has 158 valence electrons. The van der Waals surface area contributed by atoms with Gasteiger partial charge in [-0.3, -0.25) is 4.79 Å². The number of ketones is 1. The number of unbranched alkanes of at least 4 members (excludes halogenated alkanes) is 9. The van der Waals surface area contributed by atoms with Gasteiger partial charge in [0.05, 0.1) is 12.7 Å². The summed E-state index contributed by atoms with van der Waals surface area (Å²) in [5.41, 5.74) is 0. The number of aliphatic hydroxyl groups excluding tert-OH is 4. The minimum atomic E-state index is -1.43. The Bertz CT molecular complexity index is 423. The standard InChI is InChI=1S/C21H38O6/c1-2-3-4-5-6-7-8-9-10-11-12-13-16(23)14-17-19(24)21(26)20(25)18(15-22)27-17/h12-13,17-22,24-26H,2-11,14-15H2,1H3/t17-,18+,19-,20+,21+/m0/s1. The van der Waals surface area contributed by atoms with Gasteiger partial charge in [0, 0.05) is 6.42 Å². The molecule has 0 radical (unpaired) electrons. The summed E-state index contributed by atoms with van der Waals surface area (Å²) in [7, 11) is 0. The average Bonchev–Trinajstić information content (AvgIpc) is 2.66. The Morgan fingerprint density at radius 2 is 1.41 bits per heavy atom. The summed E-state index contributed by atoms with van der Waals surface area (Å²) >= 11 is 0. The molecule has 1 heterocycles. The lowest BCUT2D eigenvalue weighted by molar-refractivity contribution is -0.229. The number of hydrogen-bond acceptors (Lipinski definition) is 6. The van der Waals surface area contributed by atoms with Crippen molar-refractivity contribution in [3.63, 3.8) is 0 Å². The van der Waals surface area contributed by atoms with E-state index in [1.54, 1.807) is 0 Å². The van der Waals surface area contributed by atoms with Crippen molar-refractivity contribution in [1.29, 1.82) is 0 Å². The molecule has 1 rings (SSSR count). The molecule has 0 unspecified atom stereocenters. The third kappa shape index (κ3) is 9.30. The van der Waals surface area contributed by atoms with Gasteiger partial charge >= 0.3 is 0 Å². The van der Waals surface area contributed by atoms with Crippen molar-refractivity contribution in [1.82, 2.24) is 0 Å². The van der Waals surface area contributed by atoms with Crippen molar-refractivity contribution in [2.75, 3.05) is 6.61 Å². The fourth-order valence-electron chi connectivity index (χ4n) is 3.40. The first-order valence-electron chi connectivity index (χ1n) is 10.5. The van der Waals surface area contributed by atoms with Gasteiger partial charge in [0.2, 0.25) is 0 Å². The molecule has 1 aliphatic rings. The third-order valence-electron chi connectivity index (χ3n) is 5.17. The quantitative estimate of drug-likeness (QED) is 0.269. The fraction of sp³-hybridized carbons (Fsp3) is 0.857. The fourth-order valence-corrected chi connectivity index (χ4v) is 3.40. The van der Waals surface area contributed by atoms with E-state index in [1.165, 1.54) is 57.4 Å². The molecular formula is C21H38O6. The molecular weight excluding hydrogens is 348 g/mol. The summed E-state index contributed by atoms with van der Waals surface area (Å²) in [6.07, 6.45) is 9.37. The number of rotatable bonds is 14. The topological polar surface area (TPSA) is 107 Å². The van der Waals surface area contributed by atoms with Gasteiger partial charge in [-0.15, -0.1) is 0 Å². The molecule has 27 heavy (non-hydrogen) atoms. The highest BCUT2D eigenvalue weighted by atomic mass is 16.5. The zero-order chi connectivity index (χ0) is 20.1. The summed E-state index contributed by atoms with van der Waals surface area (Å²) in [6.45, 7) is 1.74. The summed E-state index contributed by atoms with van der Waals surface area (Å²) in [6, 6.07) is 0. The minimum absolute atomic E-state index is 0.0876. The van der Waals surface area contributed by atoms with Crippen molar-refractivity contribution in [3.8, 4) is 0 Å². The van der Waals surface area contributed by atoms with E-state index in [-0.39, 0.29) is 12.2 Å². The second kappa shape index (κ2) is 14.2. The molecule has 1 fully saturated rings. The summed E-state index contributed by atoms with van der Waals surface area (Å²) < 4.78 is 5.34. The predicted molar refractivity (Wildman–Crippen MR) is 104 cm³/mol. The number of ether oxygens (including phenoxy) is 1. The minimum Gasteiger partial charge on any atom is -0.394 e. The molecule has 6 nitrogen and oxygen atoms in total. The van der Waals surface area contributed by atoms with Crippen molar-refractivity contribution in [2.45, 2.75) is 108 Å². The number of aliphatic hydroxyl groups is 4. The first-order valence-corrected chi connectivity index (χ1v) is 10.5. The lowest BCUT2D eigenvalue weighted by Crippen LogP contribution is -2.58. The molecule has 1 aliphatic heterocycles. The summed E-state index contributed by atoms with van der Waals surface area (Å²) in [5, 5.41) is 38.6. The van der Waals surface area contributed by atoms with Crippen LogP contribution in [0.5, 0.6) is 0 Å². The predicted octanol–water partition coefficient (Wildman–Crippen LogP) is 2.27. The lowest BCUT2D eigenvalue weighted by Gasteiger charge is -2.39. The second-order valence-corrected chi connectivity index (χ2v) is 7.56.